The summed E-state index contributed by atoms with van der Waals surface area (Å²) in [6.45, 7) is 0.567. The average Bonchev–Trinajstić information content (AvgIpc) is 3.37. The summed E-state index contributed by atoms with van der Waals surface area (Å²) >= 11 is 0. The van der Waals surface area contributed by atoms with E-state index in [9.17, 15) is 18.0 Å². The first-order valence-electron chi connectivity index (χ1n) is 11.3. The van der Waals surface area contributed by atoms with Gasteiger partial charge in [-0.25, -0.2) is 14.8 Å². The Hall–Kier alpha value is -4.86. The number of nitrogens with one attached hydrogen (secondary N) is 3. The molecular formula is C27H21F3N6O. The minimum atomic E-state index is -4.50. The van der Waals surface area contributed by atoms with Gasteiger partial charge < -0.3 is 20.4 Å². The van der Waals surface area contributed by atoms with Gasteiger partial charge in [-0.15, -0.1) is 0 Å². The highest BCUT2D eigenvalue weighted by Gasteiger charge is 2.30. The molecule has 0 bridgehead atoms. The predicted molar refractivity (Wildman–Crippen MR) is 136 cm³/mol. The predicted octanol–water partition coefficient (Wildman–Crippen LogP) is 6.67. The number of imidazole rings is 1. The molecule has 7 nitrogen and oxygen atoms in total. The molecule has 0 radical (unpaired) electrons. The quantitative estimate of drug-likeness (QED) is 0.242. The smallest absolute Gasteiger partial charge is 0.363 e. The second kappa shape index (κ2) is 10.0. The highest BCUT2D eigenvalue weighted by molar-refractivity contribution is 6.00. The fraction of sp³-hybridized carbons (Fsp3) is 0.0741. The lowest BCUT2D eigenvalue weighted by molar-refractivity contribution is -0.137. The molecule has 0 aliphatic rings. The fourth-order valence-electron chi connectivity index (χ4n) is 3.79. The number of fused-ring (bicyclic) bond motifs is 1. The van der Waals surface area contributed by atoms with E-state index < -0.39 is 17.8 Å². The van der Waals surface area contributed by atoms with Crippen LogP contribution in [0.15, 0.2) is 97.5 Å². The SMILES string of the molecule is O=C(Nc1cccc(-c2cn3ccnc3c(NCc3ccccc3)n2)c1)Nc1cccc(C(F)(F)F)c1. The lowest BCUT2D eigenvalue weighted by Gasteiger charge is -2.12. The van der Waals surface area contributed by atoms with Crippen LogP contribution in [0.1, 0.15) is 11.1 Å². The molecule has 186 valence electrons. The van der Waals surface area contributed by atoms with Crippen LogP contribution in [0.5, 0.6) is 0 Å². The number of carbonyl (C=O) groups is 1. The van der Waals surface area contributed by atoms with Gasteiger partial charge in [0.05, 0.1) is 11.3 Å². The standard InChI is InChI=1S/C27H21F3N6O/c28-27(29,30)20-9-5-11-22(15-20)34-26(37)33-21-10-4-8-19(14-21)23-17-36-13-12-31-25(36)24(35-23)32-16-18-6-2-1-3-7-18/h1-15,17H,16H2,(H,32,35)(H2,33,34,37). The molecule has 0 aliphatic carbocycles. The summed E-state index contributed by atoms with van der Waals surface area (Å²) in [6, 6.07) is 20.7. The lowest BCUT2D eigenvalue weighted by Crippen LogP contribution is -2.19. The van der Waals surface area contributed by atoms with E-state index in [1.807, 2.05) is 53.2 Å². The first kappa shape index (κ1) is 23.9. The lowest BCUT2D eigenvalue weighted by atomic mass is 10.1. The van der Waals surface area contributed by atoms with Crippen LogP contribution >= 0.6 is 0 Å². The molecule has 0 fully saturated rings. The molecule has 37 heavy (non-hydrogen) atoms. The monoisotopic (exact) mass is 502 g/mol. The zero-order valence-electron chi connectivity index (χ0n) is 19.3. The Morgan fingerprint density at radius 1 is 0.892 bits per heavy atom. The van der Waals surface area contributed by atoms with Gasteiger partial charge in [0.1, 0.15) is 0 Å². The van der Waals surface area contributed by atoms with Crippen LogP contribution in [0.4, 0.5) is 35.2 Å². The topological polar surface area (TPSA) is 83.4 Å². The Kier molecular flexibility index (Phi) is 6.46. The molecule has 0 atom stereocenters. The second-order valence-electron chi connectivity index (χ2n) is 8.21. The van der Waals surface area contributed by atoms with Gasteiger partial charge in [-0.2, -0.15) is 13.2 Å². The van der Waals surface area contributed by atoms with E-state index in [2.05, 4.69) is 20.9 Å². The van der Waals surface area contributed by atoms with E-state index in [4.69, 9.17) is 4.98 Å². The van der Waals surface area contributed by atoms with Crippen molar-refractivity contribution in [3.8, 4) is 11.3 Å². The molecule has 3 aromatic carbocycles. The minimum Gasteiger partial charge on any atom is -0.363 e. The number of anilines is 3. The maximum Gasteiger partial charge on any atom is 0.416 e. The normalized spacial score (nSPS) is 11.3. The molecule has 0 aliphatic heterocycles. The van der Waals surface area contributed by atoms with Crippen molar-refractivity contribution in [2.24, 2.45) is 0 Å². The van der Waals surface area contributed by atoms with Crippen LogP contribution < -0.4 is 16.0 Å². The molecule has 5 rings (SSSR count). The number of amides is 2. The van der Waals surface area contributed by atoms with E-state index in [-0.39, 0.29) is 5.69 Å². The van der Waals surface area contributed by atoms with Gasteiger partial charge in [-0.3, -0.25) is 0 Å². The van der Waals surface area contributed by atoms with Gasteiger partial charge in [0.15, 0.2) is 11.5 Å². The Balaban J connectivity index is 1.34. The van der Waals surface area contributed by atoms with Crippen LogP contribution in [0, 0.1) is 0 Å². The van der Waals surface area contributed by atoms with E-state index in [0.29, 0.717) is 29.4 Å². The van der Waals surface area contributed by atoms with Gasteiger partial charge in [0, 0.05) is 42.1 Å². The van der Waals surface area contributed by atoms with Crippen molar-refractivity contribution in [3.05, 3.63) is 109 Å². The number of alkyl halides is 3. The number of aromatic nitrogens is 3. The third-order valence-electron chi connectivity index (χ3n) is 5.54. The molecule has 0 saturated heterocycles. The van der Waals surface area contributed by atoms with Crippen molar-refractivity contribution in [2.45, 2.75) is 12.7 Å². The first-order valence-corrected chi connectivity index (χ1v) is 11.3. The Labute approximate surface area is 210 Å². The molecule has 5 aromatic rings. The molecule has 10 heteroatoms. The third-order valence-corrected chi connectivity index (χ3v) is 5.54. The fourth-order valence-corrected chi connectivity index (χ4v) is 3.79. The molecule has 2 heterocycles. The zero-order valence-corrected chi connectivity index (χ0v) is 19.3. The van der Waals surface area contributed by atoms with Crippen molar-refractivity contribution in [1.29, 1.82) is 0 Å². The first-order chi connectivity index (χ1) is 17.8. The van der Waals surface area contributed by atoms with Crippen molar-refractivity contribution in [2.75, 3.05) is 16.0 Å². The molecule has 2 aromatic heterocycles. The number of rotatable bonds is 6. The Bertz CT molecular complexity index is 1550. The molecule has 0 unspecified atom stereocenters. The van der Waals surface area contributed by atoms with Crippen molar-refractivity contribution >= 4 is 28.9 Å². The highest BCUT2D eigenvalue weighted by atomic mass is 19.4. The summed E-state index contributed by atoms with van der Waals surface area (Å²) in [5.74, 6) is 0.604. The molecule has 2 amide bonds. The Morgan fingerprint density at radius 3 is 2.38 bits per heavy atom. The zero-order chi connectivity index (χ0) is 25.8. The van der Waals surface area contributed by atoms with Gasteiger partial charge in [-0.1, -0.05) is 48.5 Å². The highest BCUT2D eigenvalue weighted by Crippen LogP contribution is 2.31. The van der Waals surface area contributed by atoms with Gasteiger partial charge in [0.25, 0.3) is 0 Å². The van der Waals surface area contributed by atoms with Gasteiger partial charge in [0.2, 0.25) is 0 Å². The number of carbonyl (C=O) groups excluding carboxylic acids is 1. The van der Waals surface area contributed by atoms with Crippen molar-refractivity contribution < 1.29 is 18.0 Å². The summed E-state index contributed by atoms with van der Waals surface area (Å²) in [7, 11) is 0. The summed E-state index contributed by atoms with van der Waals surface area (Å²) in [5.41, 5.74) is 2.79. The summed E-state index contributed by atoms with van der Waals surface area (Å²) in [4.78, 5) is 21.6. The van der Waals surface area contributed by atoms with E-state index >= 15 is 0 Å². The van der Waals surface area contributed by atoms with Crippen LogP contribution in [0.2, 0.25) is 0 Å². The largest absolute Gasteiger partial charge is 0.416 e. The Morgan fingerprint density at radius 2 is 1.62 bits per heavy atom. The van der Waals surface area contributed by atoms with Crippen LogP contribution in [0.25, 0.3) is 16.9 Å². The summed E-state index contributed by atoms with van der Waals surface area (Å²) < 4.78 is 40.7. The summed E-state index contributed by atoms with van der Waals surface area (Å²) in [5, 5.41) is 8.43. The van der Waals surface area contributed by atoms with Gasteiger partial charge >= 0.3 is 12.2 Å². The number of nitrogens with zero attached hydrogens (tertiary/aromatic N) is 3. The second-order valence-corrected chi connectivity index (χ2v) is 8.21. The number of halogens is 3. The summed E-state index contributed by atoms with van der Waals surface area (Å²) in [6.07, 6.45) is 0.835. The van der Waals surface area contributed by atoms with Crippen LogP contribution in [-0.2, 0) is 12.7 Å². The molecule has 0 spiro atoms. The van der Waals surface area contributed by atoms with E-state index in [0.717, 1.165) is 23.3 Å². The van der Waals surface area contributed by atoms with Crippen LogP contribution in [-0.4, -0.2) is 20.4 Å². The number of benzene rings is 3. The molecule has 0 saturated carbocycles. The number of urea groups is 1. The average molecular weight is 503 g/mol. The van der Waals surface area contributed by atoms with Gasteiger partial charge in [-0.05, 0) is 35.9 Å². The maximum atomic E-state index is 13.0. The minimum absolute atomic E-state index is 0.0323. The maximum absolute atomic E-state index is 13.0. The molecular weight excluding hydrogens is 481 g/mol. The van der Waals surface area contributed by atoms with Crippen molar-refractivity contribution in [1.82, 2.24) is 14.4 Å². The third kappa shape index (κ3) is 5.69. The number of hydrogen-bond acceptors (Lipinski definition) is 4. The van der Waals surface area contributed by atoms with E-state index in [1.54, 1.807) is 24.4 Å². The van der Waals surface area contributed by atoms with Crippen molar-refractivity contribution in [3.63, 3.8) is 0 Å². The number of hydrogen-bond donors (Lipinski definition) is 3. The van der Waals surface area contributed by atoms with Crippen LogP contribution in [0.3, 0.4) is 0 Å². The van der Waals surface area contributed by atoms with E-state index in [1.165, 1.54) is 12.1 Å². The molecule has 3 N–H and O–H groups in total.